The fraction of sp³-hybridized carbons (Fsp3) is 0.625. The van der Waals surface area contributed by atoms with Gasteiger partial charge in [-0.2, -0.15) is 0 Å². The van der Waals surface area contributed by atoms with Crippen LogP contribution in [0, 0.1) is 16.7 Å². The van der Waals surface area contributed by atoms with Crippen LogP contribution in [0.4, 0.5) is 4.79 Å². The van der Waals surface area contributed by atoms with Crippen LogP contribution in [-0.2, 0) is 4.74 Å². The molecule has 1 aromatic rings. The van der Waals surface area contributed by atoms with Gasteiger partial charge in [-0.05, 0) is 0 Å². The molecule has 5 heteroatoms. The molecule has 160 valence electrons. The fourth-order valence-electron chi connectivity index (χ4n) is 5.05. The number of carbonyl (C=O) groups excluding carboxylic acids is 1. The number of hydrogen-bond donors (Lipinski definition) is 1. The molecule has 2 saturated carbocycles. The van der Waals surface area contributed by atoms with Crippen LogP contribution in [0.5, 0.6) is 0 Å². The zero-order valence-corrected chi connectivity index (χ0v) is 20.1. The first-order chi connectivity index (χ1) is 13.5. The molecule has 2 aliphatic carbocycles. The van der Waals surface area contributed by atoms with Gasteiger partial charge < -0.3 is 0 Å². The number of aliphatic hydroxyl groups excluding tert-OH is 1. The second-order valence-electron chi connectivity index (χ2n) is 10.0. The molecular weight excluding hydrogens is 429 g/mol. The number of hydrogen-bond acceptors (Lipinski definition) is 3. The third-order valence-corrected chi connectivity index (χ3v) is 10.7. The molecule has 1 aromatic carbocycles. The summed E-state index contributed by atoms with van der Waals surface area (Å²) in [4.78, 5) is 12.5. The molecule has 1 amide bonds. The van der Waals surface area contributed by atoms with Crippen molar-refractivity contribution in [2.24, 2.45) is 20.7 Å². The van der Waals surface area contributed by atoms with Gasteiger partial charge >= 0.3 is 179 Å². The summed E-state index contributed by atoms with van der Waals surface area (Å²) in [5.41, 5.74) is 0.588. The Hall–Kier alpha value is -1.29. The molecule has 0 aliphatic heterocycles. The maximum absolute atomic E-state index is 12.5. The molecular formula is C24H35NO3Se. The van der Waals surface area contributed by atoms with Crippen molar-refractivity contribution in [2.45, 2.75) is 76.2 Å². The van der Waals surface area contributed by atoms with Gasteiger partial charge in [-0.3, -0.25) is 0 Å². The second-order valence-corrected chi connectivity index (χ2v) is 13.7. The molecule has 3 rings (SSSR count). The van der Waals surface area contributed by atoms with Gasteiger partial charge in [0.2, 0.25) is 0 Å². The standard InChI is InChI=1S/C24H35NO3Se/c1-22(2,3)28-21(27)25-29(15-9-12-18-10-7-6-8-11-18)17-24-14-13-19(16-20(24)26)23(24,4)5/h6-12,19-20,26H,13-17H2,1-5H3/b12-9+/t19-,20-,24-,29?/m1/s1. The number of fused-ring (bicyclic) bond motifs is 2. The van der Waals surface area contributed by atoms with E-state index in [1.54, 1.807) is 0 Å². The predicted octanol–water partition coefficient (Wildman–Crippen LogP) is 6.08. The van der Waals surface area contributed by atoms with Crippen molar-refractivity contribution in [3.8, 4) is 0 Å². The summed E-state index contributed by atoms with van der Waals surface area (Å²) in [6, 6.07) is 10.2. The van der Waals surface area contributed by atoms with Gasteiger partial charge in [0.1, 0.15) is 0 Å². The summed E-state index contributed by atoms with van der Waals surface area (Å²) in [5, 5.41) is 12.5. The van der Waals surface area contributed by atoms with Crippen LogP contribution in [-0.4, -0.2) is 36.6 Å². The summed E-state index contributed by atoms with van der Waals surface area (Å²) in [6.45, 7) is 10.2. The number of ether oxygens (including phenoxy) is 1. The molecule has 0 spiro atoms. The molecule has 29 heavy (non-hydrogen) atoms. The van der Waals surface area contributed by atoms with Crippen LogP contribution in [0.25, 0.3) is 6.08 Å². The number of rotatable bonds is 5. The van der Waals surface area contributed by atoms with Crippen molar-refractivity contribution >= 4 is 25.9 Å². The number of carbonyl (C=O) groups is 1. The van der Waals surface area contributed by atoms with Crippen LogP contribution in [0.15, 0.2) is 40.4 Å². The Kier molecular flexibility index (Phi) is 6.53. The van der Waals surface area contributed by atoms with Gasteiger partial charge in [-0.1, -0.05) is 0 Å². The first-order valence-corrected chi connectivity index (χ1v) is 13.7. The van der Waals surface area contributed by atoms with E-state index in [1.807, 2.05) is 39.0 Å². The third-order valence-electron chi connectivity index (χ3n) is 6.81. The van der Waals surface area contributed by atoms with E-state index in [0.717, 1.165) is 29.0 Å². The Morgan fingerprint density at radius 3 is 2.55 bits per heavy atom. The van der Waals surface area contributed by atoms with Gasteiger partial charge in [-0.15, -0.1) is 0 Å². The molecule has 2 fully saturated rings. The normalized spacial score (nSPS) is 29.4. The van der Waals surface area contributed by atoms with Crippen molar-refractivity contribution < 1.29 is 14.6 Å². The molecule has 2 aliphatic rings. The van der Waals surface area contributed by atoms with Crippen molar-refractivity contribution in [2.75, 3.05) is 0 Å². The molecule has 4 nitrogen and oxygen atoms in total. The Balaban J connectivity index is 1.83. The van der Waals surface area contributed by atoms with E-state index >= 15 is 0 Å². The van der Waals surface area contributed by atoms with Crippen molar-refractivity contribution in [3.05, 3.63) is 42.0 Å². The van der Waals surface area contributed by atoms with Crippen molar-refractivity contribution in [1.29, 1.82) is 0 Å². The predicted molar refractivity (Wildman–Crippen MR) is 119 cm³/mol. The Morgan fingerprint density at radius 1 is 1.31 bits per heavy atom. The minimum atomic E-state index is -1.69. The Labute approximate surface area is 179 Å². The Morgan fingerprint density at radius 2 is 2.00 bits per heavy atom. The first-order valence-electron chi connectivity index (χ1n) is 10.6. The van der Waals surface area contributed by atoms with Gasteiger partial charge in [0.15, 0.2) is 0 Å². The first kappa shape index (κ1) is 22.4. The number of aliphatic hydroxyl groups is 1. The quantitative estimate of drug-likeness (QED) is 0.537. The summed E-state index contributed by atoms with van der Waals surface area (Å²) >= 11 is -1.69. The average molecular weight is 465 g/mol. The molecule has 0 heterocycles. The van der Waals surface area contributed by atoms with E-state index < -0.39 is 25.4 Å². The van der Waals surface area contributed by atoms with Crippen LogP contribution < -0.4 is 0 Å². The SMILES string of the molecule is CC(C)(C)OC(=O)/N=[Se](\C/C=C/c1ccccc1)C[C@]12CC[C@H](C[C@H]1O)C2(C)C. The molecule has 0 aromatic heterocycles. The summed E-state index contributed by atoms with van der Waals surface area (Å²) in [7, 11) is 0. The number of allylic oxidation sites excluding steroid dienone is 1. The van der Waals surface area contributed by atoms with Gasteiger partial charge in [-0.25, -0.2) is 0 Å². The number of nitrogens with zero attached hydrogens (tertiary/aromatic N) is 1. The van der Waals surface area contributed by atoms with E-state index in [0.29, 0.717) is 5.92 Å². The maximum atomic E-state index is 12.5. The zero-order chi connectivity index (χ0) is 21.3. The van der Waals surface area contributed by atoms with E-state index in [2.05, 4.69) is 42.1 Å². The molecule has 2 bridgehead atoms. The summed E-state index contributed by atoms with van der Waals surface area (Å²) in [5.74, 6) is 0.575. The van der Waals surface area contributed by atoms with E-state index in [4.69, 9.17) is 4.74 Å². The Bertz CT molecular complexity index is 794. The zero-order valence-electron chi connectivity index (χ0n) is 18.4. The number of benzene rings is 1. The third kappa shape index (κ3) is 4.90. The second kappa shape index (κ2) is 8.45. The van der Waals surface area contributed by atoms with Gasteiger partial charge in [0, 0.05) is 0 Å². The van der Waals surface area contributed by atoms with Crippen LogP contribution in [0.3, 0.4) is 0 Å². The fourth-order valence-corrected chi connectivity index (χ4v) is 9.51. The molecule has 1 unspecified atom stereocenters. The van der Waals surface area contributed by atoms with Gasteiger partial charge in [0.25, 0.3) is 0 Å². The van der Waals surface area contributed by atoms with Crippen LogP contribution >= 0.6 is 0 Å². The van der Waals surface area contributed by atoms with Gasteiger partial charge in [0.05, 0.1) is 0 Å². The van der Waals surface area contributed by atoms with Crippen molar-refractivity contribution in [3.63, 3.8) is 0 Å². The van der Waals surface area contributed by atoms with E-state index in [-0.39, 0.29) is 16.9 Å². The molecule has 1 N–H and O–H groups in total. The monoisotopic (exact) mass is 465 g/mol. The molecule has 0 saturated heterocycles. The minimum absolute atomic E-state index is 0.0980. The van der Waals surface area contributed by atoms with E-state index in [9.17, 15) is 9.90 Å². The molecule has 0 radical (unpaired) electrons. The summed E-state index contributed by atoms with van der Waals surface area (Å²) < 4.78 is 10.1. The van der Waals surface area contributed by atoms with E-state index in [1.165, 1.54) is 6.42 Å². The number of amides is 1. The topological polar surface area (TPSA) is 58.9 Å². The van der Waals surface area contributed by atoms with Crippen molar-refractivity contribution in [1.82, 2.24) is 0 Å². The summed E-state index contributed by atoms with van der Waals surface area (Å²) in [6.07, 6.45) is 6.62. The van der Waals surface area contributed by atoms with Crippen LogP contribution in [0.2, 0.25) is 10.6 Å². The molecule has 4 atom stereocenters. The average Bonchev–Trinajstić information content (AvgIpc) is 2.95. The van der Waals surface area contributed by atoms with Crippen LogP contribution in [0.1, 0.15) is 59.4 Å².